The van der Waals surface area contributed by atoms with E-state index >= 15 is 0 Å². The van der Waals surface area contributed by atoms with Gasteiger partial charge in [0.1, 0.15) is 17.2 Å². The molecule has 2 unspecified atom stereocenters. The molecule has 0 heterocycles. The summed E-state index contributed by atoms with van der Waals surface area (Å²) in [5.41, 5.74) is 7.46. The normalized spacial score (nSPS) is 13.1. The summed E-state index contributed by atoms with van der Waals surface area (Å²) < 4.78 is 0. The van der Waals surface area contributed by atoms with Crippen LogP contribution in [0.15, 0.2) is 36.4 Å². The monoisotopic (exact) mass is 1070 g/mol. The molecule has 0 spiro atoms. The van der Waals surface area contributed by atoms with E-state index in [2.05, 4.69) is 26.0 Å². The average molecular weight is 1070 g/mol. The maximum absolute atomic E-state index is 12.3. The summed E-state index contributed by atoms with van der Waals surface area (Å²) in [6.07, 6.45) is 18.0. The van der Waals surface area contributed by atoms with E-state index in [9.17, 15) is 35.1 Å². The molecule has 3 aromatic carbocycles. The first-order chi connectivity index (χ1) is 34.0. The molecule has 10 heteroatoms. The Morgan fingerprint density at radius 2 is 0.781 bits per heavy atom. The molecule has 414 valence electrons. The van der Waals surface area contributed by atoms with E-state index in [4.69, 9.17) is 0 Å². The van der Waals surface area contributed by atoms with E-state index in [0.717, 1.165) is 56.0 Å². The van der Waals surface area contributed by atoms with E-state index in [1.54, 1.807) is 11.8 Å². The molecule has 0 bridgehead atoms. The Morgan fingerprint density at radius 1 is 0.438 bits per heavy atom. The van der Waals surface area contributed by atoms with E-state index in [1.807, 2.05) is 138 Å². The van der Waals surface area contributed by atoms with Crippen molar-refractivity contribution in [2.24, 2.45) is 11.8 Å². The quantitative estimate of drug-likeness (QED) is 0.0411. The number of aryl methyl sites for hydroxylation is 1. The second-order valence-electron chi connectivity index (χ2n) is 24.8. The summed E-state index contributed by atoms with van der Waals surface area (Å²) >= 11 is 5.62. The summed E-state index contributed by atoms with van der Waals surface area (Å²) in [5, 5.41) is 52.6. The van der Waals surface area contributed by atoms with Crippen molar-refractivity contribution in [1.82, 2.24) is 0 Å². The van der Waals surface area contributed by atoms with Crippen LogP contribution in [0.4, 0.5) is 0 Å². The van der Waals surface area contributed by atoms with Crippen LogP contribution in [-0.2, 0) is 55.6 Å². The lowest BCUT2D eigenvalue weighted by atomic mass is 9.77. The molecule has 0 fully saturated rings. The number of thioether (sulfide) groups is 3. The Bertz CT molecular complexity index is 1940. The van der Waals surface area contributed by atoms with Gasteiger partial charge in [-0.15, -0.1) is 0 Å². The van der Waals surface area contributed by atoms with Crippen LogP contribution in [0.25, 0.3) is 0 Å². The van der Waals surface area contributed by atoms with E-state index < -0.39 is 23.8 Å². The Morgan fingerprint density at radius 3 is 1.12 bits per heavy atom. The fourth-order valence-electron chi connectivity index (χ4n) is 9.13. The second-order valence-corrected chi connectivity index (χ2v) is 28.2. The molecule has 2 atom stereocenters. The highest BCUT2D eigenvalue weighted by Gasteiger charge is 2.30. The number of carboxylic acids is 2. The van der Waals surface area contributed by atoms with Gasteiger partial charge in [-0.1, -0.05) is 198 Å². The number of aromatic hydroxyl groups is 3. The number of benzene rings is 3. The van der Waals surface area contributed by atoms with Crippen molar-refractivity contribution < 1.29 is 35.1 Å². The fourth-order valence-corrected chi connectivity index (χ4v) is 12.2. The van der Waals surface area contributed by atoms with E-state index in [-0.39, 0.29) is 33.2 Å². The Hall–Kier alpha value is -2.95. The molecular weight excluding hydrogens is 965 g/mol. The largest absolute Gasteiger partial charge is 0.507 e. The summed E-state index contributed by atoms with van der Waals surface area (Å²) in [7, 11) is 0. The van der Waals surface area contributed by atoms with E-state index in [1.165, 1.54) is 94.1 Å². The molecule has 0 saturated heterocycles. The van der Waals surface area contributed by atoms with E-state index in [0.29, 0.717) is 42.9 Å². The zero-order valence-corrected chi connectivity index (χ0v) is 50.9. The molecule has 0 aliphatic rings. The summed E-state index contributed by atoms with van der Waals surface area (Å²) in [6.45, 7) is 31.1. The molecule has 0 aliphatic heterocycles. The number of hydrogen-bond donors (Lipinski definition) is 5. The highest BCUT2D eigenvalue weighted by Crippen LogP contribution is 2.42. The highest BCUT2D eigenvalue weighted by atomic mass is 32.2. The minimum atomic E-state index is -0.849. The molecule has 73 heavy (non-hydrogen) atoms. The van der Waals surface area contributed by atoms with Gasteiger partial charge in [-0.05, 0) is 135 Å². The predicted molar refractivity (Wildman–Crippen MR) is 319 cm³/mol. The zero-order chi connectivity index (χ0) is 55.2. The molecule has 0 aromatic heterocycles. The number of phenolic OH excluding ortho intramolecular Hbond substituents is 3. The summed E-state index contributed by atoms with van der Waals surface area (Å²) in [6, 6.07) is 12.2. The minimum Gasteiger partial charge on any atom is -0.507 e. The van der Waals surface area contributed by atoms with Crippen LogP contribution in [0.5, 0.6) is 17.2 Å². The van der Waals surface area contributed by atoms with Crippen molar-refractivity contribution in [1.29, 1.82) is 0 Å². The van der Waals surface area contributed by atoms with Crippen LogP contribution in [-0.4, -0.2) is 60.5 Å². The molecule has 5 N–H and O–H groups in total. The summed E-state index contributed by atoms with van der Waals surface area (Å²) in [5.74, 6) is 3.93. The molecule has 0 saturated carbocycles. The van der Waals surface area contributed by atoms with Crippen molar-refractivity contribution >= 4 is 47.2 Å². The van der Waals surface area contributed by atoms with Gasteiger partial charge in [-0.3, -0.25) is 9.59 Å². The SMILES string of the molecule is CC(C)(C)c1cc(CC(CCSCCC(Cc2cc(C(C)(C)C)c(O)c(C(C)(C)C)c2)C(=O)O)C(=O)O)cc(C(C)(C)C)c1O.CCCCCCCCSCc1cc(C)c(O)c(CSCCCCCCCC)c1. The Labute approximate surface area is 458 Å². The Balaban J connectivity index is 0.000000559. The number of carbonyl (C=O) groups is 2. The van der Waals surface area contributed by atoms with Crippen LogP contribution < -0.4 is 0 Å². The smallest absolute Gasteiger partial charge is 0.306 e. The van der Waals surface area contributed by atoms with Crippen molar-refractivity contribution in [2.45, 2.75) is 240 Å². The molecule has 3 rings (SSSR count). The average Bonchev–Trinajstić information content (AvgIpc) is 3.28. The van der Waals surface area contributed by atoms with Crippen LogP contribution in [0.2, 0.25) is 0 Å². The van der Waals surface area contributed by atoms with Gasteiger partial charge < -0.3 is 25.5 Å². The molecule has 7 nitrogen and oxygen atoms in total. The van der Waals surface area contributed by atoms with Crippen molar-refractivity contribution in [3.05, 3.63) is 86.5 Å². The predicted octanol–water partition coefficient (Wildman–Crippen LogP) is 17.9. The number of aliphatic carboxylic acids is 2. The third-order valence-corrected chi connectivity index (χ3v) is 17.0. The lowest BCUT2D eigenvalue weighted by Gasteiger charge is -2.28. The maximum atomic E-state index is 12.3. The van der Waals surface area contributed by atoms with Crippen LogP contribution in [0.1, 0.15) is 237 Å². The lowest BCUT2D eigenvalue weighted by molar-refractivity contribution is -0.142. The topological polar surface area (TPSA) is 135 Å². The van der Waals surface area contributed by atoms with Gasteiger partial charge in [0.15, 0.2) is 0 Å². The zero-order valence-electron chi connectivity index (χ0n) is 48.5. The molecule has 3 aromatic rings. The Kier molecular flexibility index (Phi) is 29.0. The van der Waals surface area contributed by atoms with Crippen molar-refractivity contribution in [3.63, 3.8) is 0 Å². The van der Waals surface area contributed by atoms with Crippen molar-refractivity contribution in [3.8, 4) is 17.2 Å². The van der Waals surface area contributed by atoms with Gasteiger partial charge in [0.05, 0.1) is 11.8 Å². The number of phenols is 3. The first-order valence-corrected chi connectivity index (χ1v) is 31.2. The second kappa shape index (κ2) is 31.9. The lowest BCUT2D eigenvalue weighted by Crippen LogP contribution is -2.21. The van der Waals surface area contributed by atoms with Gasteiger partial charge in [-0.2, -0.15) is 35.3 Å². The first kappa shape index (κ1) is 66.2. The number of hydrogen-bond acceptors (Lipinski definition) is 8. The number of rotatable bonds is 30. The van der Waals surface area contributed by atoms with Gasteiger partial charge in [0.25, 0.3) is 0 Å². The molecule has 0 radical (unpaired) electrons. The summed E-state index contributed by atoms with van der Waals surface area (Å²) in [4.78, 5) is 24.5. The molecule has 0 aliphatic carbocycles. The third kappa shape index (κ3) is 24.3. The van der Waals surface area contributed by atoms with Gasteiger partial charge in [0.2, 0.25) is 0 Å². The number of carboxylic acid groups (broad SMARTS) is 2. The van der Waals surface area contributed by atoms with Gasteiger partial charge >= 0.3 is 11.9 Å². The maximum Gasteiger partial charge on any atom is 0.306 e. The van der Waals surface area contributed by atoms with Gasteiger partial charge in [0, 0.05) is 17.1 Å². The van der Waals surface area contributed by atoms with Gasteiger partial charge in [-0.25, -0.2) is 0 Å². The molecular formula is C63H102O7S3. The minimum absolute atomic E-state index is 0.283. The molecule has 0 amide bonds. The van der Waals surface area contributed by atoms with Crippen LogP contribution in [0, 0.1) is 18.8 Å². The van der Waals surface area contributed by atoms with Crippen LogP contribution in [0.3, 0.4) is 0 Å². The fraction of sp³-hybridized carbons (Fsp3) is 0.683. The standard InChI is InChI=1S/C38H58O6S.C25H44OS2/c1-35(2,3)27-19-23(20-28(31(27)39)36(4,5)6)17-25(33(41)42)13-15-45-16-14-26(34(43)44)18-24-21-29(37(7,8)9)32(40)30(22-24)38(10,11)12;1-4-6-8-10-12-14-16-27-20-23-18-22(3)25(26)24(19-23)21-28-17-15-13-11-9-7-5-2/h19-22,25-26,39-40H,13-18H2,1-12H3,(H,41,42)(H,43,44);18-19,26H,4-17,20-21H2,1-3H3. The van der Waals surface area contributed by atoms with Crippen molar-refractivity contribution in [2.75, 3.05) is 23.0 Å². The van der Waals surface area contributed by atoms with Crippen LogP contribution >= 0.6 is 35.3 Å². The number of unbranched alkanes of at least 4 members (excludes halogenated alkanes) is 10. The highest BCUT2D eigenvalue weighted by molar-refractivity contribution is 7.99. The first-order valence-electron chi connectivity index (χ1n) is 27.8. The third-order valence-electron chi connectivity index (χ3n) is 13.7.